The summed E-state index contributed by atoms with van der Waals surface area (Å²) in [6.07, 6.45) is -1.31. The first-order valence-electron chi connectivity index (χ1n) is 5.92. The van der Waals surface area contributed by atoms with E-state index in [1.165, 1.54) is 0 Å². The second-order valence-electron chi connectivity index (χ2n) is 4.65. The van der Waals surface area contributed by atoms with Crippen molar-refractivity contribution in [1.29, 1.82) is 0 Å². The van der Waals surface area contributed by atoms with Crippen LogP contribution in [0, 0.1) is 17.6 Å². The van der Waals surface area contributed by atoms with Crippen molar-refractivity contribution >= 4 is 5.97 Å². The number of hydrogen-bond acceptors (Lipinski definition) is 3. The summed E-state index contributed by atoms with van der Waals surface area (Å²) in [5, 5.41) is 21.3. The van der Waals surface area contributed by atoms with Crippen LogP contribution in [0.25, 0.3) is 0 Å². The van der Waals surface area contributed by atoms with Crippen molar-refractivity contribution in [3.05, 3.63) is 35.4 Å². The molecule has 0 radical (unpaired) electrons. The monoisotopic (exact) mass is 273 g/mol. The van der Waals surface area contributed by atoms with E-state index in [1.54, 1.807) is 13.8 Å². The molecule has 1 rings (SSSR count). The summed E-state index contributed by atoms with van der Waals surface area (Å²) in [4.78, 5) is 10.9. The molecule has 4 nitrogen and oxygen atoms in total. The fraction of sp³-hybridized carbons (Fsp3) is 0.462. The fourth-order valence-electron chi connectivity index (χ4n) is 1.73. The number of nitrogens with one attached hydrogen (secondary N) is 1. The maximum atomic E-state index is 13.4. The number of aliphatic hydroxyl groups is 1. The number of rotatable bonds is 6. The van der Waals surface area contributed by atoms with Gasteiger partial charge in [0.1, 0.15) is 17.7 Å². The molecule has 2 unspecified atom stereocenters. The van der Waals surface area contributed by atoms with Crippen LogP contribution >= 0.6 is 0 Å². The van der Waals surface area contributed by atoms with Crippen LogP contribution in [-0.2, 0) is 4.79 Å². The number of aliphatic hydroxyl groups excluding tert-OH is 1. The molecule has 19 heavy (non-hydrogen) atoms. The van der Waals surface area contributed by atoms with Crippen LogP contribution in [0.1, 0.15) is 25.5 Å². The van der Waals surface area contributed by atoms with Crippen molar-refractivity contribution in [3.8, 4) is 0 Å². The number of hydrogen-bond donors (Lipinski definition) is 3. The van der Waals surface area contributed by atoms with Crippen LogP contribution in [0.3, 0.4) is 0 Å². The molecule has 6 heteroatoms. The molecule has 1 aromatic rings. The van der Waals surface area contributed by atoms with E-state index in [1.807, 2.05) is 0 Å². The molecule has 106 valence electrons. The predicted molar refractivity (Wildman–Crippen MR) is 65.6 cm³/mol. The Morgan fingerprint density at radius 3 is 2.53 bits per heavy atom. The predicted octanol–water partition coefficient (Wildman–Crippen LogP) is 1.70. The number of carboxylic acid groups (broad SMARTS) is 1. The van der Waals surface area contributed by atoms with Crippen LogP contribution in [-0.4, -0.2) is 28.8 Å². The van der Waals surface area contributed by atoms with Crippen LogP contribution in [0.5, 0.6) is 0 Å². The van der Waals surface area contributed by atoms with Gasteiger partial charge >= 0.3 is 5.97 Å². The number of benzene rings is 1. The van der Waals surface area contributed by atoms with Gasteiger partial charge in [0.15, 0.2) is 0 Å². The third-order valence-corrected chi connectivity index (χ3v) is 2.78. The first kappa shape index (κ1) is 15.5. The van der Waals surface area contributed by atoms with Gasteiger partial charge in [0.05, 0.1) is 6.10 Å². The lowest BCUT2D eigenvalue weighted by molar-refractivity contribution is -0.140. The zero-order valence-corrected chi connectivity index (χ0v) is 10.7. The van der Waals surface area contributed by atoms with Crippen molar-refractivity contribution < 1.29 is 23.8 Å². The molecule has 1 aromatic carbocycles. The average molecular weight is 273 g/mol. The van der Waals surface area contributed by atoms with Crippen molar-refractivity contribution in [2.75, 3.05) is 6.54 Å². The molecule has 0 amide bonds. The Morgan fingerprint density at radius 1 is 1.37 bits per heavy atom. The van der Waals surface area contributed by atoms with E-state index in [-0.39, 0.29) is 18.0 Å². The minimum Gasteiger partial charge on any atom is -0.480 e. The van der Waals surface area contributed by atoms with Crippen molar-refractivity contribution in [3.63, 3.8) is 0 Å². The fourth-order valence-corrected chi connectivity index (χ4v) is 1.73. The van der Waals surface area contributed by atoms with Gasteiger partial charge in [-0.05, 0) is 24.1 Å². The molecule has 0 heterocycles. The highest BCUT2D eigenvalue weighted by Gasteiger charge is 2.23. The van der Waals surface area contributed by atoms with Crippen molar-refractivity contribution in [2.24, 2.45) is 5.92 Å². The Hall–Kier alpha value is -1.53. The molecule has 0 aliphatic heterocycles. The van der Waals surface area contributed by atoms with Gasteiger partial charge in [-0.15, -0.1) is 0 Å². The third-order valence-electron chi connectivity index (χ3n) is 2.78. The summed E-state index contributed by atoms with van der Waals surface area (Å²) in [7, 11) is 0. The number of carbonyl (C=O) groups is 1. The molecule has 0 saturated carbocycles. The van der Waals surface area contributed by atoms with E-state index < -0.39 is 29.7 Å². The molecule has 0 aliphatic rings. The number of halogens is 2. The Balaban J connectivity index is 2.71. The second-order valence-corrected chi connectivity index (χ2v) is 4.65. The first-order chi connectivity index (χ1) is 8.82. The summed E-state index contributed by atoms with van der Waals surface area (Å²) in [6, 6.07) is 1.91. The standard InChI is InChI=1S/C13H17F2NO3/c1-7(2)12(13(18)19)16-6-11(17)9-5-8(14)3-4-10(9)15/h3-5,7,11-12,16-17H,6H2,1-2H3,(H,18,19). The summed E-state index contributed by atoms with van der Waals surface area (Å²) >= 11 is 0. The van der Waals surface area contributed by atoms with Crippen LogP contribution < -0.4 is 5.32 Å². The smallest absolute Gasteiger partial charge is 0.320 e. The largest absolute Gasteiger partial charge is 0.480 e. The van der Waals surface area contributed by atoms with Gasteiger partial charge in [0, 0.05) is 12.1 Å². The van der Waals surface area contributed by atoms with Crippen molar-refractivity contribution in [1.82, 2.24) is 5.32 Å². The molecular formula is C13H17F2NO3. The minimum absolute atomic E-state index is 0.171. The Morgan fingerprint density at radius 2 is 2.00 bits per heavy atom. The van der Waals surface area contributed by atoms with E-state index in [0.29, 0.717) is 0 Å². The molecule has 0 bridgehead atoms. The lowest BCUT2D eigenvalue weighted by atomic mass is 10.0. The molecule has 0 spiro atoms. The van der Waals surface area contributed by atoms with E-state index in [4.69, 9.17) is 5.11 Å². The molecule has 0 aromatic heterocycles. The van der Waals surface area contributed by atoms with Gasteiger partial charge in [0.25, 0.3) is 0 Å². The molecule has 0 fully saturated rings. The van der Waals surface area contributed by atoms with E-state index in [0.717, 1.165) is 18.2 Å². The van der Waals surface area contributed by atoms with E-state index >= 15 is 0 Å². The van der Waals surface area contributed by atoms with Crippen molar-refractivity contribution in [2.45, 2.75) is 26.0 Å². The molecular weight excluding hydrogens is 256 g/mol. The molecule has 0 saturated heterocycles. The highest BCUT2D eigenvalue weighted by Crippen LogP contribution is 2.18. The molecule has 2 atom stereocenters. The second kappa shape index (κ2) is 6.58. The average Bonchev–Trinajstić information content (AvgIpc) is 2.31. The minimum atomic E-state index is -1.31. The van der Waals surface area contributed by atoms with E-state index in [2.05, 4.69) is 5.32 Å². The maximum absolute atomic E-state index is 13.4. The van der Waals surface area contributed by atoms with Gasteiger partial charge in [-0.1, -0.05) is 13.8 Å². The number of aliphatic carboxylic acids is 1. The lowest BCUT2D eigenvalue weighted by Gasteiger charge is -2.20. The zero-order chi connectivity index (χ0) is 14.6. The normalized spacial score (nSPS) is 14.4. The quantitative estimate of drug-likeness (QED) is 0.738. The van der Waals surface area contributed by atoms with Gasteiger partial charge in [-0.2, -0.15) is 0 Å². The highest BCUT2D eigenvalue weighted by atomic mass is 19.1. The number of carboxylic acids is 1. The van der Waals surface area contributed by atoms with Gasteiger partial charge in [0.2, 0.25) is 0 Å². The zero-order valence-electron chi connectivity index (χ0n) is 10.7. The van der Waals surface area contributed by atoms with E-state index in [9.17, 15) is 18.7 Å². The molecule has 0 aliphatic carbocycles. The summed E-state index contributed by atoms with van der Waals surface area (Å²) in [5.41, 5.74) is -0.194. The van der Waals surface area contributed by atoms with Crippen LogP contribution in [0.15, 0.2) is 18.2 Å². The summed E-state index contributed by atoms with van der Waals surface area (Å²) in [6.45, 7) is 3.25. The van der Waals surface area contributed by atoms with Gasteiger partial charge in [-0.3, -0.25) is 4.79 Å². The Bertz CT molecular complexity index is 452. The third kappa shape index (κ3) is 4.25. The Labute approximate surface area is 110 Å². The summed E-state index contributed by atoms with van der Waals surface area (Å²) < 4.78 is 26.4. The first-order valence-corrected chi connectivity index (χ1v) is 5.92. The summed E-state index contributed by atoms with van der Waals surface area (Å²) in [5.74, 6) is -2.63. The lowest BCUT2D eigenvalue weighted by Crippen LogP contribution is -2.42. The van der Waals surface area contributed by atoms with Gasteiger partial charge in [-0.25, -0.2) is 8.78 Å². The maximum Gasteiger partial charge on any atom is 0.320 e. The Kier molecular flexibility index (Phi) is 5.38. The van der Waals surface area contributed by atoms with Crippen LogP contribution in [0.4, 0.5) is 8.78 Å². The van der Waals surface area contributed by atoms with Gasteiger partial charge < -0.3 is 15.5 Å². The topological polar surface area (TPSA) is 69.6 Å². The van der Waals surface area contributed by atoms with Crippen LogP contribution in [0.2, 0.25) is 0 Å². The molecule has 3 N–H and O–H groups in total. The highest BCUT2D eigenvalue weighted by molar-refractivity contribution is 5.73. The SMILES string of the molecule is CC(C)C(NCC(O)c1cc(F)ccc1F)C(=O)O.